The number of rotatable bonds is 1. The molecule has 34 heavy (non-hydrogen) atoms. The number of hydrogen-bond acceptors (Lipinski definition) is 5. The van der Waals surface area contributed by atoms with Crippen LogP contribution in [0.4, 0.5) is 17.6 Å². The minimum Gasteiger partial charge on any atom is -0.502 e. The van der Waals surface area contributed by atoms with E-state index in [9.17, 15) is 32.3 Å². The lowest BCUT2D eigenvalue weighted by atomic mass is 9.94. The number of amides is 1. The van der Waals surface area contributed by atoms with Gasteiger partial charge >= 0.3 is 0 Å². The van der Waals surface area contributed by atoms with Crippen LogP contribution in [0.5, 0.6) is 11.5 Å². The monoisotopic (exact) mass is 475 g/mol. The molecule has 0 saturated carbocycles. The third kappa shape index (κ3) is 3.18. The number of pyridine rings is 1. The molecule has 1 aromatic heterocycles. The lowest BCUT2D eigenvalue weighted by molar-refractivity contribution is 0.0573. The molecule has 176 valence electrons. The maximum Gasteiger partial charge on any atom is 0.277 e. The highest BCUT2D eigenvalue weighted by Gasteiger charge is 2.43. The molecule has 0 spiro atoms. The van der Waals surface area contributed by atoms with Crippen molar-refractivity contribution >= 4 is 5.91 Å². The van der Waals surface area contributed by atoms with Crippen molar-refractivity contribution in [3.05, 3.63) is 92.9 Å². The van der Waals surface area contributed by atoms with Gasteiger partial charge in [-0.1, -0.05) is 6.07 Å². The van der Waals surface area contributed by atoms with E-state index in [-0.39, 0.29) is 35.6 Å². The van der Waals surface area contributed by atoms with E-state index in [2.05, 4.69) is 0 Å². The van der Waals surface area contributed by atoms with Crippen molar-refractivity contribution in [2.45, 2.75) is 18.6 Å². The van der Waals surface area contributed by atoms with Gasteiger partial charge in [0.15, 0.2) is 34.7 Å². The van der Waals surface area contributed by atoms with Gasteiger partial charge in [0.25, 0.3) is 5.91 Å². The molecular weight excluding hydrogens is 458 g/mol. The molecule has 0 bridgehead atoms. The van der Waals surface area contributed by atoms with Crippen LogP contribution in [0.1, 0.15) is 34.1 Å². The zero-order chi connectivity index (χ0) is 24.3. The summed E-state index contributed by atoms with van der Waals surface area (Å²) in [5.41, 5.74) is -0.945. The van der Waals surface area contributed by atoms with Gasteiger partial charge in [0.2, 0.25) is 5.43 Å². The van der Waals surface area contributed by atoms with Gasteiger partial charge in [0.1, 0.15) is 18.0 Å². The van der Waals surface area contributed by atoms with Gasteiger partial charge in [-0.3, -0.25) is 19.3 Å². The van der Waals surface area contributed by atoms with Crippen molar-refractivity contribution in [3.63, 3.8) is 0 Å². The SMILES string of the molecule is CN1C(=O)c2c(O)c(=O)ccn2N2[C@@H](c3ccc(F)c(F)c3)c3cc(F)c(F)cc3OCC[C@H]12. The molecule has 0 unspecified atom stereocenters. The van der Waals surface area contributed by atoms with Crippen LogP contribution in [-0.2, 0) is 0 Å². The van der Waals surface area contributed by atoms with Crippen molar-refractivity contribution in [2.24, 2.45) is 0 Å². The summed E-state index contributed by atoms with van der Waals surface area (Å²) in [4.78, 5) is 26.4. The van der Waals surface area contributed by atoms with E-state index in [4.69, 9.17) is 4.74 Å². The van der Waals surface area contributed by atoms with Crippen LogP contribution in [0.25, 0.3) is 0 Å². The van der Waals surface area contributed by atoms with Gasteiger partial charge in [-0.25, -0.2) is 17.6 Å². The Bertz CT molecular complexity index is 1390. The van der Waals surface area contributed by atoms with Gasteiger partial charge < -0.3 is 14.7 Å². The number of carbonyl (C=O) groups is 1. The first kappa shape index (κ1) is 21.8. The number of halogens is 4. The van der Waals surface area contributed by atoms with Gasteiger partial charge in [-0.2, -0.15) is 0 Å². The van der Waals surface area contributed by atoms with E-state index in [0.717, 1.165) is 30.3 Å². The molecule has 0 radical (unpaired) electrons. The number of nitrogens with zero attached hydrogens (tertiary/aromatic N) is 3. The summed E-state index contributed by atoms with van der Waals surface area (Å²) in [5.74, 6) is -6.13. The second kappa shape index (κ2) is 7.79. The fourth-order valence-corrected chi connectivity index (χ4v) is 4.47. The fourth-order valence-electron chi connectivity index (χ4n) is 4.47. The summed E-state index contributed by atoms with van der Waals surface area (Å²) >= 11 is 0. The molecule has 2 atom stereocenters. The average Bonchev–Trinajstić information content (AvgIpc) is 2.79. The van der Waals surface area contributed by atoms with E-state index in [1.165, 1.54) is 33.9 Å². The Hall–Kier alpha value is -4.02. The molecule has 3 heterocycles. The Labute approximate surface area is 190 Å². The predicted octanol–water partition coefficient (Wildman–Crippen LogP) is 3.03. The highest BCUT2D eigenvalue weighted by molar-refractivity contribution is 5.96. The van der Waals surface area contributed by atoms with Crippen LogP contribution in [0.2, 0.25) is 0 Å². The standard InChI is InChI=1S/C23H17F4N3O4/c1-28-19-5-7-34-18-10-16(27)15(26)9-12(18)20(11-2-3-13(24)14(25)8-11)30(19)29-6-4-17(31)22(32)21(29)23(28)33/h2-4,6,8-10,19-20,32H,5,7H2,1H3/t19-,20+/m1/s1. The number of carbonyl (C=O) groups excluding carboxylic acids is 1. The van der Waals surface area contributed by atoms with E-state index >= 15 is 0 Å². The molecule has 7 nitrogen and oxygen atoms in total. The highest BCUT2D eigenvalue weighted by atomic mass is 19.2. The molecule has 2 aliphatic rings. The van der Waals surface area contributed by atoms with Gasteiger partial charge in [0, 0.05) is 37.4 Å². The van der Waals surface area contributed by atoms with E-state index < -0.39 is 52.6 Å². The van der Waals surface area contributed by atoms with Crippen LogP contribution in [0.15, 0.2) is 47.4 Å². The number of aromatic hydroxyl groups is 1. The summed E-state index contributed by atoms with van der Waals surface area (Å²) in [6.07, 6.45) is 0.651. The second-order valence-corrected chi connectivity index (χ2v) is 8.02. The molecule has 0 aliphatic carbocycles. The Morgan fingerprint density at radius 1 is 0.971 bits per heavy atom. The maximum absolute atomic E-state index is 14.4. The van der Waals surface area contributed by atoms with Crippen molar-refractivity contribution < 1.29 is 32.2 Å². The summed E-state index contributed by atoms with van der Waals surface area (Å²) in [5, 5.41) is 11.9. The van der Waals surface area contributed by atoms with Gasteiger partial charge in [-0.05, 0) is 23.8 Å². The first-order valence-corrected chi connectivity index (χ1v) is 10.3. The molecule has 11 heteroatoms. The molecule has 0 saturated heterocycles. The molecule has 2 aliphatic heterocycles. The zero-order valence-corrected chi connectivity index (χ0v) is 17.6. The maximum atomic E-state index is 14.4. The lowest BCUT2D eigenvalue weighted by Crippen LogP contribution is -2.62. The molecule has 1 amide bonds. The van der Waals surface area contributed by atoms with Crippen molar-refractivity contribution in [2.75, 3.05) is 18.7 Å². The Morgan fingerprint density at radius 2 is 1.68 bits per heavy atom. The first-order valence-electron chi connectivity index (χ1n) is 10.3. The number of fused-ring (bicyclic) bond motifs is 4. The zero-order valence-electron chi connectivity index (χ0n) is 17.6. The fraction of sp³-hybridized carbons (Fsp3) is 0.217. The summed E-state index contributed by atoms with van der Waals surface area (Å²) in [6.45, 7) is 0.00285. The van der Waals surface area contributed by atoms with Crippen molar-refractivity contribution in [3.8, 4) is 11.5 Å². The highest BCUT2D eigenvalue weighted by Crippen LogP contribution is 2.41. The number of ether oxygens (including phenoxy) is 1. The molecule has 2 aromatic carbocycles. The average molecular weight is 475 g/mol. The molecule has 1 N–H and O–H groups in total. The van der Waals surface area contributed by atoms with E-state index in [1.807, 2.05) is 0 Å². The van der Waals surface area contributed by atoms with E-state index in [1.54, 1.807) is 0 Å². The van der Waals surface area contributed by atoms with E-state index in [0.29, 0.717) is 0 Å². The summed E-state index contributed by atoms with van der Waals surface area (Å²) in [7, 11) is 1.44. The van der Waals surface area contributed by atoms with Gasteiger partial charge in [0.05, 0.1) is 6.61 Å². The minimum atomic E-state index is -1.20. The smallest absolute Gasteiger partial charge is 0.277 e. The first-order chi connectivity index (χ1) is 16.2. The van der Waals surface area contributed by atoms with Crippen molar-refractivity contribution in [1.29, 1.82) is 0 Å². The molecule has 0 fully saturated rings. The predicted molar refractivity (Wildman–Crippen MR) is 111 cm³/mol. The third-order valence-electron chi connectivity index (χ3n) is 6.08. The minimum absolute atomic E-state index is 0.00285. The van der Waals surface area contributed by atoms with Crippen LogP contribution in [0, 0.1) is 23.3 Å². The lowest BCUT2D eigenvalue weighted by Gasteiger charge is -2.49. The Kier molecular flexibility index (Phi) is 4.99. The molecular formula is C23H17F4N3O4. The topological polar surface area (TPSA) is 75.0 Å². The quantitative estimate of drug-likeness (QED) is 0.548. The normalized spacial score (nSPS) is 19.5. The molecule has 5 rings (SSSR count). The van der Waals surface area contributed by atoms with Gasteiger partial charge in [-0.15, -0.1) is 0 Å². The summed E-state index contributed by atoms with van der Waals surface area (Å²) in [6, 6.07) is 4.71. The number of aromatic nitrogens is 1. The molecule has 3 aromatic rings. The summed E-state index contributed by atoms with van der Waals surface area (Å²) < 4.78 is 63.5. The number of hydrogen-bond donors (Lipinski definition) is 1. The van der Waals surface area contributed by atoms with Crippen LogP contribution >= 0.6 is 0 Å². The third-order valence-corrected chi connectivity index (χ3v) is 6.08. The number of benzene rings is 2. The van der Waals surface area contributed by atoms with Crippen LogP contribution < -0.4 is 15.2 Å². The van der Waals surface area contributed by atoms with Crippen LogP contribution in [0.3, 0.4) is 0 Å². The Balaban J connectivity index is 1.86. The second-order valence-electron chi connectivity index (χ2n) is 8.02. The largest absolute Gasteiger partial charge is 0.502 e. The van der Waals surface area contributed by atoms with Crippen molar-refractivity contribution in [1.82, 2.24) is 9.58 Å². The van der Waals surface area contributed by atoms with Crippen LogP contribution in [-0.4, -0.2) is 40.4 Å². The Morgan fingerprint density at radius 3 is 2.41 bits per heavy atom.